The van der Waals surface area contributed by atoms with E-state index in [1.54, 1.807) is 11.3 Å². The van der Waals surface area contributed by atoms with Crippen molar-refractivity contribution >= 4 is 17.2 Å². The molecule has 0 atom stereocenters. The number of hydrogen-bond acceptors (Lipinski definition) is 5. The number of carbonyl (C=O) groups excluding carboxylic acids is 1. The van der Waals surface area contributed by atoms with E-state index in [-0.39, 0.29) is 5.91 Å². The second-order valence-electron chi connectivity index (χ2n) is 5.75. The molecule has 1 aliphatic rings. The third-order valence-electron chi connectivity index (χ3n) is 3.97. The zero-order valence-electron chi connectivity index (χ0n) is 12.6. The van der Waals surface area contributed by atoms with E-state index in [9.17, 15) is 4.79 Å². The molecule has 2 aromatic rings. The molecular weight excluding hydrogens is 298 g/mol. The fraction of sp³-hybridized carbons (Fsp3) is 0.562. The minimum atomic E-state index is 0.143. The lowest BCUT2D eigenvalue weighted by atomic mass is 9.95. The van der Waals surface area contributed by atoms with Crippen LogP contribution in [0.3, 0.4) is 0 Å². The van der Waals surface area contributed by atoms with Crippen LogP contribution in [0.25, 0.3) is 10.7 Å². The van der Waals surface area contributed by atoms with Crippen LogP contribution in [0.4, 0.5) is 0 Å². The topological polar surface area (TPSA) is 68.0 Å². The summed E-state index contributed by atoms with van der Waals surface area (Å²) in [6.45, 7) is 0. The number of thiophene rings is 1. The van der Waals surface area contributed by atoms with Crippen LogP contribution in [0.2, 0.25) is 0 Å². The molecule has 2 aromatic heterocycles. The summed E-state index contributed by atoms with van der Waals surface area (Å²) < 4.78 is 5.23. The maximum Gasteiger partial charge on any atom is 0.226 e. The first-order valence-corrected chi connectivity index (χ1v) is 8.85. The summed E-state index contributed by atoms with van der Waals surface area (Å²) in [5.74, 6) is 1.38. The monoisotopic (exact) mass is 319 g/mol. The van der Waals surface area contributed by atoms with E-state index in [2.05, 4.69) is 15.5 Å². The molecule has 1 amide bonds. The van der Waals surface area contributed by atoms with Gasteiger partial charge in [-0.1, -0.05) is 30.5 Å². The molecule has 0 unspecified atom stereocenters. The first-order chi connectivity index (χ1) is 10.8. The van der Waals surface area contributed by atoms with Gasteiger partial charge in [-0.15, -0.1) is 11.3 Å². The van der Waals surface area contributed by atoms with Gasteiger partial charge in [-0.2, -0.15) is 4.98 Å². The molecule has 1 fully saturated rings. The Balaban J connectivity index is 1.40. The number of carbonyl (C=O) groups is 1. The molecule has 0 spiro atoms. The predicted molar refractivity (Wildman–Crippen MR) is 85.6 cm³/mol. The molecule has 0 radical (unpaired) electrons. The number of aryl methyl sites for hydroxylation is 1. The van der Waals surface area contributed by atoms with E-state index < -0.39 is 0 Å². The van der Waals surface area contributed by atoms with Crippen LogP contribution in [-0.2, 0) is 11.2 Å². The molecule has 6 heteroatoms. The first kappa shape index (κ1) is 15.2. The van der Waals surface area contributed by atoms with Crippen molar-refractivity contribution in [2.75, 3.05) is 0 Å². The minimum Gasteiger partial charge on any atom is -0.353 e. The van der Waals surface area contributed by atoms with E-state index in [1.807, 2.05) is 17.5 Å². The molecule has 2 heterocycles. The van der Waals surface area contributed by atoms with E-state index in [4.69, 9.17) is 4.52 Å². The Morgan fingerprint density at radius 2 is 2.23 bits per heavy atom. The number of nitrogens with one attached hydrogen (secondary N) is 1. The molecule has 22 heavy (non-hydrogen) atoms. The largest absolute Gasteiger partial charge is 0.353 e. The van der Waals surface area contributed by atoms with Crippen molar-refractivity contribution in [3.63, 3.8) is 0 Å². The standard InChI is InChI=1S/C16H21N3O2S/c20-14(17-12-6-2-1-3-7-12)9-4-10-15-18-16(19-21-15)13-8-5-11-22-13/h5,8,11-12H,1-4,6-7,9-10H2,(H,17,20). The highest BCUT2D eigenvalue weighted by atomic mass is 32.1. The number of amides is 1. The molecule has 0 aliphatic heterocycles. The number of hydrogen-bond donors (Lipinski definition) is 1. The maximum atomic E-state index is 11.9. The van der Waals surface area contributed by atoms with E-state index >= 15 is 0 Å². The molecule has 118 valence electrons. The van der Waals surface area contributed by atoms with Gasteiger partial charge in [0.05, 0.1) is 4.88 Å². The fourth-order valence-corrected chi connectivity index (χ4v) is 3.46. The predicted octanol–water partition coefficient (Wildman–Crippen LogP) is 3.57. The average Bonchev–Trinajstić information content (AvgIpc) is 3.19. The SMILES string of the molecule is O=C(CCCc1nc(-c2cccs2)no1)NC1CCCCC1. The van der Waals surface area contributed by atoms with Gasteiger partial charge in [0.2, 0.25) is 17.6 Å². The third kappa shape index (κ3) is 4.16. The van der Waals surface area contributed by atoms with Crippen LogP contribution in [0.15, 0.2) is 22.0 Å². The van der Waals surface area contributed by atoms with Gasteiger partial charge in [0.1, 0.15) is 0 Å². The van der Waals surface area contributed by atoms with Crippen molar-refractivity contribution in [2.24, 2.45) is 0 Å². The highest BCUT2D eigenvalue weighted by Gasteiger charge is 2.16. The molecule has 0 saturated heterocycles. The maximum absolute atomic E-state index is 11.9. The van der Waals surface area contributed by atoms with E-state index in [1.165, 1.54) is 19.3 Å². The van der Waals surface area contributed by atoms with Gasteiger partial charge < -0.3 is 9.84 Å². The zero-order valence-corrected chi connectivity index (χ0v) is 13.4. The van der Waals surface area contributed by atoms with Gasteiger partial charge in [0, 0.05) is 18.9 Å². The fourth-order valence-electron chi connectivity index (χ4n) is 2.81. The Kier molecular flexibility index (Phi) is 5.21. The number of aromatic nitrogens is 2. The van der Waals surface area contributed by atoms with Crippen LogP contribution in [0.1, 0.15) is 50.8 Å². The second-order valence-corrected chi connectivity index (χ2v) is 6.69. The van der Waals surface area contributed by atoms with Crippen LogP contribution in [0.5, 0.6) is 0 Å². The molecule has 5 nitrogen and oxygen atoms in total. The van der Waals surface area contributed by atoms with Crippen molar-refractivity contribution in [1.82, 2.24) is 15.5 Å². The number of nitrogens with zero attached hydrogens (tertiary/aromatic N) is 2. The Labute approximate surface area is 134 Å². The molecule has 3 rings (SSSR count). The summed E-state index contributed by atoms with van der Waals surface area (Å²) >= 11 is 1.59. The van der Waals surface area contributed by atoms with Crippen molar-refractivity contribution < 1.29 is 9.32 Å². The third-order valence-corrected chi connectivity index (χ3v) is 4.84. The van der Waals surface area contributed by atoms with Crippen LogP contribution >= 0.6 is 11.3 Å². The van der Waals surface area contributed by atoms with Crippen molar-refractivity contribution in [2.45, 2.75) is 57.4 Å². The second kappa shape index (κ2) is 7.54. The van der Waals surface area contributed by atoms with Crippen molar-refractivity contribution in [3.8, 4) is 10.7 Å². The van der Waals surface area contributed by atoms with Crippen LogP contribution < -0.4 is 5.32 Å². The van der Waals surface area contributed by atoms with Crippen LogP contribution in [-0.4, -0.2) is 22.1 Å². The lowest BCUT2D eigenvalue weighted by Gasteiger charge is -2.22. The lowest BCUT2D eigenvalue weighted by molar-refractivity contribution is -0.122. The Bertz CT molecular complexity index is 588. The highest BCUT2D eigenvalue weighted by Crippen LogP contribution is 2.21. The summed E-state index contributed by atoms with van der Waals surface area (Å²) in [5, 5.41) is 9.09. The Morgan fingerprint density at radius 3 is 3.00 bits per heavy atom. The molecule has 0 bridgehead atoms. The van der Waals surface area contributed by atoms with Gasteiger partial charge in [-0.25, -0.2) is 0 Å². The van der Waals surface area contributed by atoms with Gasteiger partial charge in [0.25, 0.3) is 0 Å². The minimum absolute atomic E-state index is 0.143. The van der Waals surface area contributed by atoms with Crippen molar-refractivity contribution in [1.29, 1.82) is 0 Å². The summed E-state index contributed by atoms with van der Waals surface area (Å²) in [5.41, 5.74) is 0. The molecular formula is C16H21N3O2S. The Hall–Kier alpha value is -1.69. The molecule has 1 saturated carbocycles. The highest BCUT2D eigenvalue weighted by molar-refractivity contribution is 7.13. The summed E-state index contributed by atoms with van der Waals surface area (Å²) in [4.78, 5) is 17.3. The first-order valence-electron chi connectivity index (χ1n) is 7.97. The molecule has 0 aromatic carbocycles. The normalized spacial score (nSPS) is 15.8. The zero-order chi connectivity index (χ0) is 15.2. The summed E-state index contributed by atoms with van der Waals surface area (Å²) in [7, 11) is 0. The van der Waals surface area contributed by atoms with Gasteiger partial charge in [-0.05, 0) is 30.7 Å². The van der Waals surface area contributed by atoms with E-state index in [0.29, 0.717) is 30.6 Å². The van der Waals surface area contributed by atoms with Crippen LogP contribution in [0, 0.1) is 0 Å². The summed E-state index contributed by atoms with van der Waals surface area (Å²) in [6, 6.07) is 4.32. The van der Waals surface area contributed by atoms with Gasteiger partial charge in [0.15, 0.2) is 0 Å². The van der Waals surface area contributed by atoms with Gasteiger partial charge in [-0.3, -0.25) is 4.79 Å². The number of rotatable bonds is 6. The quantitative estimate of drug-likeness (QED) is 0.884. The van der Waals surface area contributed by atoms with Crippen molar-refractivity contribution in [3.05, 3.63) is 23.4 Å². The summed E-state index contributed by atoms with van der Waals surface area (Å²) in [6.07, 6.45) is 7.93. The molecule has 1 aliphatic carbocycles. The lowest BCUT2D eigenvalue weighted by Crippen LogP contribution is -2.36. The average molecular weight is 319 g/mol. The van der Waals surface area contributed by atoms with Gasteiger partial charge >= 0.3 is 0 Å². The smallest absolute Gasteiger partial charge is 0.226 e. The molecule has 1 N–H and O–H groups in total. The Morgan fingerprint density at radius 1 is 1.36 bits per heavy atom. The van der Waals surface area contributed by atoms with E-state index in [0.717, 1.165) is 24.1 Å².